The highest BCUT2D eigenvalue weighted by Gasteiger charge is 2.00. The molecule has 1 radical (unpaired) electrons. The topological polar surface area (TPSA) is 38.9 Å². The number of rotatable bonds is 3. The third-order valence-corrected chi connectivity index (χ3v) is 1.05. The zero-order chi connectivity index (χ0) is 7.40. The molecule has 53 valence electrons. The van der Waals surface area contributed by atoms with Crippen LogP contribution in [-0.4, -0.2) is 10.1 Å². The zero-order valence-electron chi connectivity index (χ0n) is 5.87. The van der Waals surface area contributed by atoms with Gasteiger partial charge in [0.05, 0.1) is 6.42 Å². The zero-order valence-corrected chi connectivity index (χ0v) is 5.87. The predicted octanol–water partition coefficient (Wildman–Crippen LogP) is 1.37. The highest BCUT2D eigenvalue weighted by molar-refractivity contribution is 5.08. The molecule has 0 amide bonds. The second kappa shape index (κ2) is 3.15. The summed E-state index contributed by atoms with van der Waals surface area (Å²) < 4.78 is 4.83. The van der Waals surface area contributed by atoms with E-state index in [-0.39, 0.29) is 0 Å². The molecule has 1 aromatic rings. The average molecular weight is 137 g/mol. The molecule has 0 fully saturated rings. The number of allylic oxidation sites excluding steroid dienone is 1. The van der Waals surface area contributed by atoms with Crippen molar-refractivity contribution in [1.82, 2.24) is 10.1 Å². The van der Waals surface area contributed by atoms with E-state index in [2.05, 4.69) is 16.7 Å². The first-order chi connectivity index (χ1) is 4.86. The summed E-state index contributed by atoms with van der Waals surface area (Å²) in [7, 11) is 0. The maximum absolute atomic E-state index is 4.83. The van der Waals surface area contributed by atoms with Gasteiger partial charge in [-0.15, -0.1) is 6.58 Å². The van der Waals surface area contributed by atoms with E-state index >= 15 is 0 Å². The molecule has 10 heavy (non-hydrogen) atoms. The fraction of sp³-hybridized carbons (Fsp3) is 0.286. The summed E-state index contributed by atoms with van der Waals surface area (Å²) in [5, 5.41) is 3.66. The van der Waals surface area contributed by atoms with E-state index in [9.17, 15) is 0 Å². The van der Waals surface area contributed by atoms with Gasteiger partial charge >= 0.3 is 0 Å². The molecule has 0 saturated heterocycles. The third-order valence-electron chi connectivity index (χ3n) is 1.05. The van der Waals surface area contributed by atoms with Crippen LogP contribution < -0.4 is 0 Å². The standard InChI is InChI=1S/C7H9N2O/c1-3-5-6-8-7(4-2)10-9-6/h3,5H,1,4H2,2H3. The summed E-state index contributed by atoms with van der Waals surface area (Å²) in [6.07, 6.45) is 4.10. The molecule has 1 heterocycles. The van der Waals surface area contributed by atoms with E-state index in [1.165, 1.54) is 0 Å². The molecule has 0 N–H and O–H groups in total. The van der Waals surface area contributed by atoms with Crippen LogP contribution >= 0.6 is 0 Å². The Morgan fingerprint density at radius 3 is 3.00 bits per heavy atom. The fourth-order valence-electron chi connectivity index (χ4n) is 0.585. The van der Waals surface area contributed by atoms with Gasteiger partial charge < -0.3 is 4.52 Å². The summed E-state index contributed by atoms with van der Waals surface area (Å²) >= 11 is 0. The highest BCUT2D eigenvalue weighted by atomic mass is 16.5. The minimum atomic E-state index is 0.590. The molecule has 1 aromatic heterocycles. The van der Waals surface area contributed by atoms with E-state index < -0.39 is 0 Å². The van der Waals surface area contributed by atoms with Gasteiger partial charge in [0, 0.05) is 6.42 Å². The smallest absolute Gasteiger partial charge is 0.226 e. The van der Waals surface area contributed by atoms with Gasteiger partial charge in [-0.25, -0.2) is 0 Å². The van der Waals surface area contributed by atoms with Crippen LogP contribution in [0.4, 0.5) is 0 Å². The molecule has 1 rings (SSSR count). The molecular formula is C7H9N2O. The maximum atomic E-state index is 4.83. The lowest BCUT2D eigenvalue weighted by Gasteiger charge is -1.78. The Bertz CT molecular complexity index is 217. The molecule has 0 saturated carbocycles. The molecule has 0 atom stereocenters. The van der Waals surface area contributed by atoms with Gasteiger partial charge in [-0.3, -0.25) is 0 Å². The van der Waals surface area contributed by atoms with E-state index in [0.29, 0.717) is 11.7 Å². The number of aromatic nitrogens is 2. The van der Waals surface area contributed by atoms with Crippen LogP contribution in [0.1, 0.15) is 18.6 Å². The predicted molar refractivity (Wildman–Crippen MR) is 37.3 cm³/mol. The fourth-order valence-corrected chi connectivity index (χ4v) is 0.585. The van der Waals surface area contributed by atoms with Crippen LogP contribution in [0, 0.1) is 6.42 Å². The van der Waals surface area contributed by atoms with Crippen molar-refractivity contribution in [3.8, 4) is 0 Å². The molecule has 0 aliphatic rings. The van der Waals surface area contributed by atoms with Crippen molar-refractivity contribution in [2.75, 3.05) is 0 Å². The van der Waals surface area contributed by atoms with Gasteiger partial charge in [0.25, 0.3) is 0 Å². The van der Waals surface area contributed by atoms with Gasteiger partial charge in [-0.05, 0) is 0 Å². The second-order valence-electron chi connectivity index (χ2n) is 1.80. The third kappa shape index (κ3) is 1.43. The molecule has 0 aliphatic heterocycles. The lowest BCUT2D eigenvalue weighted by atomic mass is 10.4. The largest absolute Gasteiger partial charge is 0.339 e. The maximum Gasteiger partial charge on any atom is 0.226 e. The average Bonchev–Trinajstić information content (AvgIpc) is 2.37. The van der Waals surface area contributed by atoms with Gasteiger partial charge in [-0.2, -0.15) is 4.98 Å². The minimum Gasteiger partial charge on any atom is -0.339 e. The Balaban J connectivity index is 2.67. The minimum absolute atomic E-state index is 0.590. The Labute approximate surface area is 59.8 Å². The molecule has 0 bridgehead atoms. The van der Waals surface area contributed by atoms with Crippen molar-refractivity contribution >= 4 is 0 Å². The Hall–Kier alpha value is -1.12. The molecule has 0 aromatic carbocycles. The Morgan fingerprint density at radius 2 is 2.50 bits per heavy atom. The van der Waals surface area contributed by atoms with Crippen LogP contribution in [0.5, 0.6) is 0 Å². The first-order valence-electron chi connectivity index (χ1n) is 3.15. The first-order valence-corrected chi connectivity index (χ1v) is 3.15. The quantitative estimate of drug-likeness (QED) is 0.631. The summed E-state index contributed by atoms with van der Waals surface area (Å²) in [4.78, 5) is 4.01. The summed E-state index contributed by atoms with van der Waals surface area (Å²) in [6, 6.07) is 0. The van der Waals surface area contributed by atoms with Crippen molar-refractivity contribution in [2.24, 2.45) is 0 Å². The van der Waals surface area contributed by atoms with E-state index in [4.69, 9.17) is 4.52 Å². The van der Waals surface area contributed by atoms with Crippen molar-refractivity contribution < 1.29 is 4.52 Å². The highest BCUT2D eigenvalue weighted by Crippen LogP contribution is 1.99. The summed E-state index contributed by atoms with van der Waals surface area (Å²) in [6.45, 7) is 5.48. The van der Waals surface area contributed by atoms with E-state index in [1.54, 1.807) is 12.5 Å². The number of hydrogen-bond donors (Lipinski definition) is 0. The van der Waals surface area contributed by atoms with Gasteiger partial charge in [-0.1, -0.05) is 18.2 Å². The normalized spacial score (nSPS) is 9.70. The van der Waals surface area contributed by atoms with Crippen LogP contribution in [-0.2, 0) is 6.42 Å². The van der Waals surface area contributed by atoms with Crippen LogP contribution in [0.3, 0.4) is 0 Å². The number of nitrogens with zero attached hydrogens (tertiary/aromatic N) is 2. The van der Waals surface area contributed by atoms with Crippen molar-refractivity contribution in [3.63, 3.8) is 0 Å². The van der Waals surface area contributed by atoms with Gasteiger partial charge in [0.1, 0.15) is 0 Å². The monoisotopic (exact) mass is 137 g/mol. The molecule has 0 aliphatic carbocycles. The van der Waals surface area contributed by atoms with Crippen molar-refractivity contribution in [1.29, 1.82) is 0 Å². The van der Waals surface area contributed by atoms with Gasteiger partial charge in [0.2, 0.25) is 5.89 Å². The number of aryl methyl sites for hydroxylation is 1. The van der Waals surface area contributed by atoms with E-state index in [1.807, 2.05) is 6.92 Å². The lowest BCUT2D eigenvalue weighted by molar-refractivity contribution is 0.379. The number of hydrogen-bond acceptors (Lipinski definition) is 3. The van der Waals surface area contributed by atoms with Crippen molar-refractivity contribution in [2.45, 2.75) is 13.3 Å². The molecular weight excluding hydrogens is 128 g/mol. The van der Waals surface area contributed by atoms with Crippen molar-refractivity contribution in [3.05, 3.63) is 30.8 Å². The first kappa shape index (κ1) is 6.99. The Kier molecular flexibility index (Phi) is 2.20. The molecule has 0 spiro atoms. The van der Waals surface area contributed by atoms with Crippen LogP contribution in [0.15, 0.2) is 17.2 Å². The summed E-state index contributed by atoms with van der Waals surface area (Å²) in [5.74, 6) is 1.25. The van der Waals surface area contributed by atoms with E-state index in [0.717, 1.165) is 6.42 Å². The Morgan fingerprint density at radius 1 is 1.70 bits per heavy atom. The SMILES string of the molecule is C=C[CH]c1noc(CC)n1. The molecule has 3 heteroatoms. The van der Waals surface area contributed by atoms with Crippen LogP contribution in [0.2, 0.25) is 0 Å². The molecule has 0 unspecified atom stereocenters. The van der Waals surface area contributed by atoms with Gasteiger partial charge in [0.15, 0.2) is 5.82 Å². The summed E-state index contributed by atoms with van der Waals surface area (Å²) in [5.41, 5.74) is 0. The lowest BCUT2D eigenvalue weighted by Crippen LogP contribution is -1.81. The molecule has 3 nitrogen and oxygen atoms in total. The second-order valence-corrected chi connectivity index (χ2v) is 1.80. The van der Waals surface area contributed by atoms with Crippen LogP contribution in [0.25, 0.3) is 0 Å².